The average molecular weight is 169 g/mol. The van der Waals surface area contributed by atoms with E-state index < -0.39 is 0 Å². The second kappa shape index (κ2) is 4.06. The molecule has 0 aromatic carbocycles. The molecule has 0 atom stereocenters. The number of hydrogen-bond donors (Lipinski definition) is 1. The Kier molecular flexibility index (Phi) is 3.04. The fourth-order valence-corrected chi connectivity index (χ4v) is 0.841. The molecule has 5 heteroatoms. The van der Waals surface area contributed by atoms with Gasteiger partial charge in [0.1, 0.15) is 6.33 Å². The van der Waals surface area contributed by atoms with Crippen molar-refractivity contribution >= 4 is 5.95 Å². The van der Waals surface area contributed by atoms with Crippen LogP contribution >= 0.6 is 0 Å². The van der Waals surface area contributed by atoms with Crippen LogP contribution in [0.5, 0.6) is 0 Å². The Labute approximate surface area is 72.4 Å². The molecule has 1 rings (SSSR count). The van der Waals surface area contributed by atoms with Crippen molar-refractivity contribution in [2.75, 3.05) is 39.1 Å². The summed E-state index contributed by atoms with van der Waals surface area (Å²) in [4.78, 5) is 7.11. The first kappa shape index (κ1) is 8.99. The molecule has 0 amide bonds. The maximum atomic E-state index is 3.90. The smallest absolute Gasteiger partial charge is 0.224 e. The fourth-order valence-electron chi connectivity index (χ4n) is 0.841. The minimum Gasteiger partial charge on any atom is -0.343 e. The number of anilines is 1. The van der Waals surface area contributed by atoms with Gasteiger partial charge in [0.25, 0.3) is 0 Å². The second-order valence-electron chi connectivity index (χ2n) is 3.04. The predicted molar refractivity (Wildman–Crippen MR) is 48.2 cm³/mol. The Morgan fingerprint density at radius 3 is 2.58 bits per heavy atom. The first-order chi connectivity index (χ1) is 5.70. The van der Waals surface area contributed by atoms with E-state index in [4.69, 9.17) is 0 Å². The molecule has 12 heavy (non-hydrogen) atoms. The molecule has 0 bridgehead atoms. The van der Waals surface area contributed by atoms with E-state index in [9.17, 15) is 0 Å². The molecule has 0 aliphatic rings. The molecular weight excluding hydrogens is 154 g/mol. The van der Waals surface area contributed by atoms with Crippen LogP contribution in [0.3, 0.4) is 0 Å². The Morgan fingerprint density at radius 2 is 2.08 bits per heavy atom. The van der Waals surface area contributed by atoms with Crippen molar-refractivity contribution in [3.8, 4) is 0 Å². The molecule has 0 aliphatic carbocycles. The molecule has 68 valence electrons. The van der Waals surface area contributed by atoms with Gasteiger partial charge in [0, 0.05) is 20.1 Å². The molecule has 0 fully saturated rings. The monoisotopic (exact) mass is 169 g/mol. The Hall–Kier alpha value is -1.10. The Morgan fingerprint density at radius 1 is 1.33 bits per heavy atom. The summed E-state index contributed by atoms with van der Waals surface area (Å²) in [7, 11) is 6.09. The number of rotatable bonds is 4. The van der Waals surface area contributed by atoms with Crippen molar-refractivity contribution < 1.29 is 0 Å². The highest BCUT2D eigenvalue weighted by atomic mass is 15.3. The van der Waals surface area contributed by atoms with Crippen LogP contribution in [-0.2, 0) is 0 Å². The summed E-state index contributed by atoms with van der Waals surface area (Å²) in [5, 5.41) is 7.61. The van der Waals surface area contributed by atoms with Gasteiger partial charge in [-0.2, -0.15) is 0 Å². The van der Waals surface area contributed by atoms with E-state index in [2.05, 4.69) is 20.1 Å². The zero-order valence-electron chi connectivity index (χ0n) is 7.78. The van der Waals surface area contributed by atoms with Crippen molar-refractivity contribution in [2.24, 2.45) is 0 Å². The van der Waals surface area contributed by atoms with Gasteiger partial charge in [0.2, 0.25) is 5.95 Å². The molecule has 0 aliphatic heterocycles. The van der Waals surface area contributed by atoms with Gasteiger partial charge in [-0.3, -0.25) is 0 Å². The van der Waals surface area contributed by atoms with Crippen LogP contribution in [0.15, 0.2) is 6.33 Å². The summed E-state index contributed by atoms with van der Waals surface area (Å²) in [5.41, 5.74) is 0. The fraction of sp³-hybridized carbons (Fsp3) is 0.714. The van der Waals surface area contributed by atoms with E-state index in [1.54, 1.807) is 6.33 Å². The van der Waals surface area contributed by atoms with E-state index in [1.165, 1.54) is 0 Å². The third-order valence-electron chi connectivity index (χ3n) is 1.65. The number of aromatic amines is 1. The van der Waals surface area contributed by atoms with E-state index in [0.29, 0.717) is 0 Å². The van der Waals surface area contributed by atoms with Gasteiger partial charge in [-0.05, 0) is 14.1 Å². The zero-order chi connectivity index (χ0) is 8.97. The Bertz CT molecular complexity index is 206. The van der Waals surface area contributed by atoms with E-state index >= 15 is 0 Å². The van der Waals surface area contributed by atoms with Gasteiger partial charge in [-0.25, -0.2) is 0 Å². The Balaban J connectivity index is 2.34. The van der Waals surface area contributed by atoms with Crippen molar-refractivity contribution in [3.63, 3.8) is 0 Å². The van der Waals surface area contributed by atoms with Gasteiger partial charge in [0.15, 0.2) is 0 Å². The van der Waals surface area contributed by atoms with Gasteiger partial charge >= 0.3 is 0 Å². The minimum absolute atomic E-state index is 0.817. The first-order valence-electron chi connectivity index (χ1n) is 3.92. The molecule has 0 saturated carbocycles. The lowest BCUT2D eigenvalue weighted by Gasteiger charge is -2.17. The molecule has 0 spiro atoms. The molecule has 5 nitrogen and oxygen atoms in total. The lowest BCUT2D eigenvalue weighted by atomic mass is 10.5. The maximum Gasteiger partial charge on any atom is 0.224 e. The van der Waals surface area contributed by atoms with Gasteiger partial charge < -0.3 is 14.8 Å². The number of nitrogens with one attached hydrogen (secondary N) is 1. The summed E-state index contributed by atoms with van der Waals surface area (Å²) in [6, 6.07) is 0. The standard InChI is InChI=1S/C7H15N5/c1-11(2)4-5-12(3)7-8-6-9-10-7/h6H,4-5H2,1-3H3,(H,8,9,10). The summed E-state index contributed by atoms with van der Waals surface area (Å²) < 4.78 is 0. The normalized spacial score (nSPS) is 10.7. The van der Waals surface area contributed by atoms with Crippen LogP contribution in [0.2, 0.25) is 0 Å². The molecule has 1 aromatic heterocycles. The van der Waals surface area contributed by atoms with E-state index in [0.717, 1.165) is 19.0 Å². The van der Waals surface area contributed by atoms with Crippen LogP contribution in [-0.4, -0.2) is 54.3 Å². The number of nitrogens with zero attached hydrogens (tertiary/aromatic N) is 4. The molecular formula is C7H15N5. The number of aromatic nitrogens is 3. The van der Waals surface area contributed by atoms with Crippen molar-refractivity contribution in [1.82, 2.24) is 20.1 Å². The number of H-pyrrole nitrogens is 1. The lowest BCUT2D eigenvalue weighted by molar-refractivity contribution is 0.415. The lowest BCUT2D eigenvalue weighted by Crippen LogP contribution is -2.29. The van der Waals surface area contributed by atoms with E-state index in [-0.39, 0.29) is 0 Å². The third kappa shape index (κ3) is 2.50. The molecule has 1 aromatic rings. The predicted octanol–water partition coefficient (Wildman–Crippen LogP) is -0.197. The van der Waals surface area contributed by atoms with Crippen molar-refractivity contribution in [2.45, 2.75) is 0 Å². The number of hydrogen-bond acceptors (Lipinski definition) is 4. The van der Waals surface area contributed by atoms with Crippen LogP contribution in [0, 0.1) is 0 Å². The van der Waals surface area contributed by atoms with Gasteiger partial charge in [-0.15, -0.1) is 10.2 Å². The zero-order valence-corrected chi connectivity index (χ0v) is 7.78. The first-order valence-corrected chi connectivity index (χ1v) is 3.92. The highest BCUT2D eigenvalue weighted by molar-refractivity contribution is 5.24. The highest BCUT2D eigenvalue weighted by Crippen LogP contribution is 1.99. The maximum absolute atomic E-state index is 3.90. The molecule has 0 unspecified atom stereocenters. The summed E-state index contributed by atoms with van der Waals surface area (Å²) in [6.07, 6.45) is 1.58. The average Bonchev–Trinajstić information content (AvgIpc) is 2.51. The van der Waals surface area contributed by atoms with Crippen LogP contribution in [0.25, 0.3) is 0 Å². The van der Waals surface area contributed by atoms with Crippen LogP contribution < -0.4 is 4.90 Å². The molecule has 1 heterocycles. The summed E-state index contributed by atoms with van der Waals surface area (Å²) in [5.74, 6) is 0.817. The highest BCUT2D eigenvalue weighted by Gasteiger charge is 2.02. The summed E-state index contributed by atoms with van der Waals surface area (Å²) >= 11 is 0. The molecule has 0 radical (unpaired) electrons. The van der Waals surface area contributed by atoms with Crippen molar-refractivity contribution in [1.29, 1.82) is 0 Å². The SMILES string of the molecule is CN(C)CCN(C)c1nnc[nH]1. The third-order valence-corrected chi connectivity index (χ3v) is 1.65. The van der Waals surface area contributed by atoms with Crippen LogP contribution in [0.1, 0.15) is 0 Å². The quantitative estimate of drug-likeness (QED) is 0.678. The van der Waals surface area contributed by atoms with Crippen LogP contribution in [0.4, 0.5) is 5.95 Å². The topological polar surface area (TPSA) is 48.1 Å². The molecule has 1 N–H and O–H groups in total. The van der Waals surface area contributed by atoms with Gasteiger partial charge in [0.05, 0.1) is 0 Å². The largest absolute Gasteiger partial charge is 0.343 e. The molecule has 0 saturated heterocycles. The minimum atomic E-state index is 0.817. The van der Waals surface area contributed by atoms with Crippen molar-refractivity contribution in [3.05, 3.63) is 6.33 Å². The van der Waals surface area contributed by atoms with E-state index in [1.807, 2.05) is 26.0 Å². The van der Waals surface area contributed by atoms with Gasteiger partial charge in [-0.1, -0.05) is 0 Å². The second-order valence-corrected chi connectivity index (χ2v) is 3.04. The summed E-state index contributed by atoms with van der Waals surface area (Å²) in [6.45, 7) is 1.96. The number of likely N-dealkylation sites (N-methyl/N-ethyl adjacent to an activating group) is 2.